The molecular formula is C24H22N2O3. The zero-order chi connectivity index (χ0) is 20.0. The smallest absolute Gasteiger partial charge is 0.236 e. The van der Waals surface area contributed by atoms with Gasteiger partial charge in [0.25, 0.3) is 0 Å². The molecule has 0 spiro atoms. The summed E-state index contributed by atoms with van der Waals surface area (Å²) in [6.45, 7) is 4.41. The van der Waals surface area contributed by atoms with E-state index in [4.69, 9.17) is 9.47 Å². The summed E-state index contributed by atoms with van der Waals surface area (Å²) < 4.78 is 10.9. The van der Waals surface area contributed by atoms with Crippen molar-refractivity contribution in [3.05, 3.63) is 71.3 Å². The number of anilines is 1. The summed E-state index contributed by atoms with van der Waals surface area (Å²) in [6.07, 6.45) is 1.63. The first kappa shape index (κ1) is 17.7. The lowest BCUT2D eigenvalue weighted by Gasteiger charge is -2.16. The molecule has 1 aromatic heterocycles. The number of aryl methyl sites for hydroxylation is 2. The lowest BCUT2D eigenvalue weighted by molar-refractivity contribution is -0.118. The standard InChI is InChI=1S/C24H22N2O3/c1-15-6-7-17(12-16(15)2)19-4-3-5-22(25-19)26-23(27)24(10-11-24)18-8-9-20-21(13-18)29-14-28-20/h3-9,12-13H,10-11,14H2,1-2H3,(H,25,26,27). The molecule has 0 saturated heterocycles. The monoisotopic (exact) mass is 386 g/mol. The number of carbonyl (C=O) groups excluding carboxylic acids is 1. The lowest BCUT2D eigenvalue weighted by Crippen LogP contribution is -2.28. The summed E-state index contributed by atoms with van der Waals surface area (Å²) in [5.74, 6) is 1.98. The summed E-state index contributed by atoms with van der Waals surface area (Å²) in [6, 6.07) is 17.8. The molecule has 2 aromatic carbocycles. The van der Waals surface area contributed by atoms with Crippen LogP contribution in [0.2, 0.25) is 0 Å². The number of benzene rings is 2. The number of pyridine rings is 1. The van der Waals surface area contributed by atoms with Gasteiger partial charge in [0, 0.05) is 5.56 Å². The molecule has 1 N–H and O–H groups in total. The number of aromatic nitrogens is 1. The minimum absolute atomic E-state index is 0.0268. The van der Waals surface area contributed by atoms with Crippen LogP contribution in [0, 0.1) is 13.8 Å². The highest BCUT2D eigenvalue weighted by Crippen LogP contribution is 2.51. The Kier molecular flexibility index (Phi) is 4.05. The maximum absolute atomic E-state index is 13.1. The van der Waals surface area contributed by atoms with E-state index in [2.05, 4.69) is 42.3 Å². The number of carbonyl (C=O) groups is 1. The van der Waals surface area contributed by atoms with Crippen molar-refractivity contribution in [3.8, 4) is 22.8 Å². The molecule has 5 heteroatoms. The third kappa shape index (κ3) is 3.12. The molecule has 0 radical (unpaired) electrons. The van der Waals surface area contributed by atoms with Crippen molar-refractivity contribution in [2.45, 2.75) is 32.1 Å². The van der Waals surface area contributed by atoms with Gasteiger partial charge in [-0.25, -0.2) is 4.98 Å². The molecule has 1 fully saturated rings. The van der Waals surface area contributed by atoms with Crippen LogP contribution in [0.25, 0.3) is 11.3 Å². The largest absolute Gasteiger partial charge is 0.454 e. The minimum atomic E-state index is -0.515. The van der Waals surface area contributed by atoms with E-state index >= 15 is 0 Å². The summed E-state index contributed by atoms with van der Waals surface area (Å²) in [7, 11) is 0. The first-order valence-corrected chi connectivity index (χ1v) is 9.81. The van der Waals surface area contributed by atoms with E-state index in [1.165, 1.54) is 11.1 Å². The maximum Gasteiger partial charge on any atom is 0.236 e. The molecule has 1 saturated carbocycles. The predicted octanol–water partition coefficient (Wildman–Crippen LogP) is 4.76. The minimum Gasteiger partial charge on any atom is -0.454 e. The van der Waals surface area contributed by atoms with Gasteiger partial charge in [0.05, 0.1) is 11.1 Å². The van der Waals surface area contributed by atoms with Crippen LogP contribution in [0.5, 0.6) is 11.5 Å². The van der Waals surface area contributed by atoms with Gasteiger partial charge in [-0.05, 0) is 73.7 Å². The first-order chi connectivity index (χ1) is 14.0. The van der Waals surface area contributed by atoms with E-state index in [0.29, 0.717) is 11.6 Å². The molecule has 0 atom stereocenters. The van der Waals surface area contributed by atoms with Crippen LogP contribution >= 0.6 is 0 Å². The van der Waals surface area contributed by atoms with Crippen molar-refractivity contribution in [1.29, 1.82) is 0 Å². The second-order valence-corrected chi connectivity index (χ2v) is 7.81. The number of amides is 1. The fourth-order valence-corrected chi connectivity index (χ4v) is 3.77. The predicted molar refractivity (Wildman–Crippen MR) is 111 cm³/mol. The number of hydrogen-bond donors (Lipinski definition) is 1. The summed E-state index contributed by atoms with van der Waals surface area (Å²) in [4.78, 5) is 17.8. The molecule has 2 heterocycles. The summed E-state index contributed by atoms with van der Waals surface area (Å²) in [5.41, 5.74) is 4.81. The van der Waals surface area contributed by atoms with Gasteiger partial charge >= 0.3 is 0 Å². The van der Waals surface area contributed by atoms with Crippen LogP contribution in [0.3, 0.4) is 0 Å². The third-order valence-corrected chi connectivity index (χ3v) is 5.90. The van der Waals surface area contributed by atoms with E-state index in [1.807, 2.05) is 36.4 Å². The van der Waals surface area contributed by atoms with Crippen LogP contribution in [-0.2, 0) is 10.2 Å². The SMILES string of the molecule is Cc1ccc(-c2cccc(NC(=O)C3(c4ccc5c(c4)OCO5)CC3)n2)cc1C. The van der Waals surface area contributed by atoms with Crippen LogP contribution in [0.1, 0.15) is 29.5 Å². The Morgan fingerprint density at radius 1 is 0.966 bits per heavy atom. The highest BCUT2D eigenvalue weighted by molar-refractivity contribution is 6.01. The Morgan fingerprint density at radius 2 is 1.79 bits per heavy atom. The van der Waals surface area contributed by atoms with Crippen molar-refractivity contribution in [3.63, 3.8) is 0 Å². The third-order valence-electron chi connectivity index (χ3n) is 5.90. The zero-order valence-electron chi connectivity index (χ0n) is 16.5. The van der Waals surface area contributed by atoms with Gasteiger partial charge in [-0.1, -0.05) is 24.3 Å². The molecule has 0 unspecified atom stereocenters. The molecular weight excluding hydrogens is 364 g/mol. The zero-order valence-corrected chi connectivity index (χ0v) is 16.5. The van der Waals surface area contributed by atoms with Crippen molar-refractivity contribution in [2.24, 2.45) is 0 Å². The average molecular weight is 386 g/mol. The van der Waals surface area contributed by atoms with E-state index in [9.17, 15) is 4.79 Å². The number of rotatable bonds is 4. The quantitative estimate of drug-likeness (QED) is 0.702. The molecule has 5 rings (SSSR count). The average Bonchev–Trinajstić information content (AvgIpc) is 3.41. The lowest BCUT2D eigenvalue weighted by atomic mass is 9.94. The van der Waals surface area contributed by atoms with Crippen molar-refractivity contribution in [2.75, 3.05) is 12.1 Å². The van der Waals surface area contributed by atoms with Gasteiger partial charge in [-0.2, -0.15) is 0 Å². The molecule has 146 valence electrons. The second kappa shape index (κ2) is 6.62. The molecule has 1 amide bonds. The van der Waals surface area contributed by atoms with Gasteiger partial charge in [-0.15, -0.1) is 0 Å². The van der Waals surface area contributed by atoms with Crippen LogP contribution in [0.15, 0.2) is 54.6 Å². The topological polar surface area (TPSA) is 60.5 Å². The van der Waals surface area contributed by atoms with E-state index in [1.54, 1.807) is 0 Å². The van der Waals surface area contributed by atoms with E-state index in [-0.39, 0.29) is 12.7 Å². The van der Waals surface area contributed by atoms with Gasteiger partial charge in [0.15, 0.2) is 11.5 Å². The number of hydrogen-bond acceptors (Lipinski definition) is 4. The fraction of sp³-hybridized carbons (Fsp3) is 0.250. The summed E-state index contributed by atoms with van der Waals surface area (Å²) in [5, 5.41) is 3.02. The van der Waals surface area contributed by atoms with Crippen molar-refractivity contribution < 1.29 is 14.3 Å². The van der Waals surface area contributed by atoms with Crippen molar-refractivity contribution in [1.82, 2.24) is 4.98 Å². The van der Waals surface area contributed by atoms with Gasteiger partial charge in [-0.3, -0.25) is 4.79 Å². The Labute approximate surface area is 169 Å². The highest BCUT2D eigenvalue weighted by Gasteiger charge is 2.51. The Balaban J connectivity index is 1.39. The van der Waals surface area contributed by atoms with E-state index < -0.39 is 5.41 Å². The summed E-state index contributed by atoms with van der Waals surface area (Å²) >= 11 is 0. The Morgan fingerprint density at radius 3 is 2.59 bits per heavy atom. The van der Waals surface area contributed by atoms with Crippen LogP contribution in [0.4, 0.5) is 5.82 Å². The Bertz CT molecular complexity index is 1120. The number of ether oxygens (including phenoxy) is 2. The van der Waals surface area contributed by atoms with E-state index in [0.717, 1.165) is 35.4 Å². The highest BCUT2D eigenvalue weighted by atomic mass is 16.7. The number of nitrogens with one attached hydrogen (secondary N) is 1. The van der Waals surface area contributed by atoms with Crippen molar-refractivity contribution >= 4 is 11.7 Å². The molecule has 0 bridgehead atoms. The van der Waals surface area contributed by atoms with Gasteiger partial charge < -0.3 is 14.8 Å². The fourth-order valence-electron chi connectivity index (χ4n) is 3.77. The van der Waals surface area contributed by atoms with Gasteiger partial charge in [0.1, 0.15) is 5.82 Å². The Hall–Kier alpha value is -3.34. The van der Waals surface area contributed by atoms with Crippen LogP contribution in [-0.4, -0.2) is 17.7 Å². The maximum atomic E-state index is 13.1. The number of nitrogens with zero attached hydrogens (tertiary/aromatic N) is 1. The van der Waals surface area contributed by atoms with Gasteiger partial charge in [0.2, 0.25) is 12.7 Å². The molecule has 29 heavy (non-hydrogen) atoms. The second-order valence-electron chi connectivity index (χ2n) is 7.81. The van der Waals surface area contributed by atoms with Crippen LogP contribution < -0.4 is 14.8 Å². The first-order valence-electron chi connectivity index (χ1n) is 9.81. The molecule has 1 aliphatic carbocycles. The number of fused-ring (bicyclic) bond motifs is 1. The molecule has 1 aliphatic heterocycles. The molecule has 5 nitrogen and oxygen atoms in total. The molecule has 3 aromatic rings. The molecule has 2 aliphatic rings. The normalized spacial score (nSPS) is 15.8.